The third kappa shape index (κ3) is 4.10. The van der Waals surface area contributed by atoms with E-state index in [9.17, 15) is 9.59 Å². The van der Waals surface area contributed by atoms with Crippen molar-refractivity contribution in [2.45, 2.75) is 19.4 Å². The molecule has 6 nitrogen and oxygen atoms in total. The lowest BCUT2D eigenvalue weighted by Gasteiger charge is -2.22. The third-order valence-electron chi connectivity index (χ3n) is 3.25. The van der Waals surface area contributed by atoms with Crippen LogP contribution in [0.2, 0.25) is 0 Å². The standard InChI is InChI=1S/C13H19N3O3/c14-11-1-2-13(18)16(8-11)9-12(17)15-7-10-3-5-19-6-4-10/h1-2,8,10H,3-7,9,14H2,(H,15,17). The van der Waals surface area contributed by atoms with E-state index in [0.29, 0.717) is 18.2 Å². The van der Waals surface area contributed by atoms with Crippen LogP contribution >= 0.6 is 0 Å². The van der Waals surface area contributed by atoms with Gasteiger partial charge in [0.2, 0.25) is 5.91 Å². The number of rotatable bonds is 4. The van der Waals surface area contributed by atoms with Crippen LogP contribution in [0, 0.1) is 5.92 Å². The Kier molecular flexibility index (Phi) is 4.57. The van der Waals surface area contributed by atoms with E-state index in [1.807, 2.05) is 0 Å². The molecule has 3 N–H and O–H groups in total. The Bertz CT molecular complexity index is 492. The second-order valence-corrected chi connectivity index (χ2v) is 4.79. The molecule has 1 amide bonds. The predicted octanol–water partition coefficient (Wildman–Crippen LogP) is -0.0267. The van der Waals surface area contributed by atoms with Crippen molar-refractivity contribution in [2.24, 2.45) is 5.92 Å². The van der Waals surface area contributed by atoms with Gasteiger partial charge in [0.05, 0.1) is 0 Å². The van der Waals surface area contributed by atoms with Gasteiger partial charge in [-0.2, -0.15) is 0 Å². The molecule has 1 aromatic rings. The van der Waals surface area contributed by atoms with E-state index in [0.717, 1.165) is 26.1 Å². The summed E-state index contributed by atoms with van der Waals surface area (Å²) in [4.78, 5) is 23.3. The number of nitrogens with two attached hydrogens (primary N) is 1. The second kappa shape index (κ2) is 6.38. The number of amides is 1. The molecule has 2 rings (SSSR count). The lowest BCUT2D eigenvalue weighted by molar-refractivity contribution is -0.122. The summed E-state index contributed by atoms with van der Waals surface area (Å²) in [6.45, 7) is 2.16. The average Bonchev–Trinajstić information content (AvgIpc) is 2.42. The summed E-state index contributed by atoms with van der Waals surface area (Å²) >= 11 is 0. The van der Waals surface area contributed by atoms with Crippen molar-refractivity contribution in [1.82, 2.24) is 9.88 Å². The number of hydrogen-bond donors (Lipinski definition) is 2. The molecule has 1 aliphatic rings. The van der Waals surface area contributed by atoms with Gasteiger partial charge in [-0.25, -0.2) is 0 Å². The largest absolute Gasteiger partial charge is 0.398 e. The summed E-state index contributed by atoms with van der Waals surface area (Å²) in [5.74, 6) is 0.300. The van der Waals surface area contributed by atoms with Crippen LogP contribution in [0.4, 0.5) is 5.69 Å². The molecular formula is C13H19N3O3. The Morgan fingerprint density at radius 2 is 2.16 bits per heavy atom. The zero-order valence-electron chi connectivity index (χ0n) is 10.8. The first-order chi connectivity index (χ1) is 9.15. The van der Waals surface area contributed by atoms with Crippen LogP contribution in [0.5, 0.6) is 0 Å². The van der Waals surface area contributed by atoms with Crippen molar-refractivity contribution in [3.05, 3.63) is 28.7 Å². The number of ether oxygens (including phenoxy) is 1. The molecule has 1 fully saturated rings. The van der Waals surface area contributed by atoms with Gasteiger partial charge in [-0.05, 0) is 24.8 Å². The van der Waals surface area contributed by atoms with Crippen molar-refractivity contribution in [1.29, 1.82) is 0 Å². The molecule has 0 spiro atoms. The van der Waals surface area contributed by atoms with E-state index < -0.39 is 0 Å². The number of nitrogens with zero attached hydrogens (tertiary/aromatic N) is 1. The minimum Gasteiger partial charge on any atom is -0.398 e. The van der Waals surface area contributed by atoms with E-state index in [-0.39, 0.29) is 18.0 Å². The molecule has 1 aliphatic heterocycles. The van der Waals surface area contributed by atoms with Crippen molar-refractivity contribution in [3.8, 4) is 0 Å². The Hall–Kier alpha value is -1.82. The first-order valence-corrected chi connectivity index (χ1v) is 6.45. The fourth-order valence-electron chi connectivity index (χ4n) is 2.09. The van der Waals surface area contributed by atoms with E-state index in [2.05, 4.69) is 5.32 Å². The molecule has 0 radical (unpaired) electrons. The molecule has 2 heterocycles. The second-order valence-electron chi connectivity index (χ2n) is 4.79. The Balaban J connectivity index is 1.83. The van der Waals surface area contributed by atoms with E-state index in [1.54, 1.807) is 0 Å². The lowest BCUT2D eigenvalue weighted by Crippen LogP contribution is -2.36. The first kappa shape index (κ1) is 13.6. The van der Waals surface area contributed by atoms with Gasteiger partial charge >= 0.3 is 0 Å². The van der Waals surface area contributed by atoms with Crippen molar-refractivity contribution >= 4 is 11.6 Å². The maximum atomic E-state index is 11.8. The zero-order valence-corrected chi connectivity index (χ0v) is 10.8. The van der Waals surface area contributed by atoms with E-state index in [1.165, 1.54) is 22.9 Å². The number of aromatic nitrogens is 1. The van der Waals surface area contributed by atoms with Gasteiger partial charge in [0, 0.05) is 37.7 Å². The van der Waals surface area contributed by atoms with Crippen LogP contribution in [-0.2, 0) is 16.1 Å². The predicted molar refractivity (Wildman–Crippen MR) is 71.7 cm³/mol. The van der Waals surface area contributed by atoms with Crippen molar-refractivity contribution < 1.29 is 9.53 Å². The summed E-state index contributed by atoms with van der Waals surface area (Å²) in [7, 11) is 0. The minimum atomic E-state index is -0.226. The zero-order chi connectivity index (χ0) is 13.7. The number of carbonyl (C=O) groups is 1. The van der Waals surface area contributed by atoms with Gasteiger partial charge in [-0.15, -0.1) is 0 Å². The highest BCUT2D eigenvalue weighted by Gasteiger charge is 2.14. The first-order valence-electron chi connectivity index (χ1n) is 6.45. The van der Waals surface area contributed by atoms with Gasteiger partial charge in [0.1, 0.15) is 6.54 Å². The minimum absolute atomic E-state index is 0.00704. The van der Waals surface area contributed by atoms with Crippen LogP contribution < -0.4 is 16.6 Å². The van der Waals surface area contributed by atoms with Gasteiger partial charge in [-0.1, -0.05) is 0 Å². The highest BCUT2D eigenvalue weighted by Crippen LogP contribution is 2.12. The number of hydrogen-bond acceptors (Lipinski definition) is 4. The number of carbonyl (C=O) groups excluding carboxylic acids is 1. The third-order valence-corrected chi connectivity index (χ3v) is 3.25. The van der Waals surface area contributed by atoms with Crippen molar-refractivity contribution in [2.75, 3.05) is 25.5 Å². The molecular weight excluding hydrogens is 246 g/mol. The smallest absolute Gasteiger partial charge is 0.251 e. The van der Waals surface area contributed by atoms with Crippen LogP contribution in [0.3, 0.4) is 0 Å². The highest BCUT2D eigenvalue weighted by molar-refractivity contribution is 5.75. The highest BCUT2D eigenvalue weighted by atomic mass is 16.5. The quantitative estimate of drug-likeness (QED) is 0.800. The lowest BCUT2D eigenvalue weighted by atomic mass is 10.0. The number of nitrogens with one attached hydrogen (secondary N) is 1. The summed E-state index contributed by atoms with van der Waals surface area (Å²) in [6, 6.07) is 2.89. The number of pyridine rings is 1. The molecule has 104 valence electrons. The van der Waals surface area contributed by atoms with Gasteiger partial charge in [-0.3, -0.25) is 9.59 Å². The summed E-state index contributed by atoms with van der Waals surface area (Å²) in [5.41, 5.74) is 5.83. The molecule has 6 heteroatoms. The van der Waals surface area contributed by atoms with Crippen LogP contribution in [-0.4, -0.2) is 30.2 Å². The fraction of sp³-hybridized carbons (Fsp3) is 0.538. The fourth-order valence-corrected chi connectivity index (χ4v) is 2.09. The molecule has 0 bridgehead atoms. The maximum absolute atomic E-state index is 11.8. The summed E-state index contributed by atoms with van der Waals surface area (Å²) in [5, 5.41) is 2.85. The van der Waals surface area contributed by atoms with Crippen LogP contribution in [0.1, 0.15) is 12.8 Å². The maximum Gasteiger partial charge on any atom is 0.251 e. The Morgan fingerprint density at radius 3 is 2.89 bits per heavy atom. The Morgan fingerprint density at radius 1 is 1.42 bits per heavy atom. The van der Waals surface area contributed by atoms with Crippen LogP contribution in [0.25, 0.3) is 0 Å². The SMILES string of the molecule is Nc1ccc(=O)n(CC(=O)NCC2CCOCC2)c1. The van der Waals surface area contributed by atoms with E-state index in [4.69, 9.17) is 10.5 Å². The molecule has 0 aromatic carbocycles. The molecule has 19 heavy (non-hydrogen) atoms. The topological polar surface area (TPSA) is 86.4 Å². The van der Waals surface area contributed by atoms with E-state index >= 15 is 0 Å². The molecule has 1 aromatic heterocycles. The number of nitrogen functional groups attached to an aromatic ring is 1. The summed E-state index contributed by atoms with van der Waals surface area (Å²) < 4.78 is 6.57. The summed E-state index contributed by atoms with van der Waals surface area (Å²) in [6.07, 6.45) is 3.42. The monoisotopic (exact) mass is 265 g/mol. The van der Waals surface area contributed by atoms with Crippen molar-refractivity contribution in [3.63, 3.8) is 0 Å². The van der Waals surface area contributed by atoms with Gasteiger partial charge < -0.3 is 20.4 Å². The molecule has 0 aliphatic carbocycles. The normalized spacial score (nSPS) is 16.2. The molecule has 0 saturated carbocycles. The number of anilines is 1. The van der Waals surface area contributed by atoms with Gasteiger partial charge in [0.25, 0.3) is 5.56 Å². The van der Waals surface area contributed by atoms with Crippen LogP contribution in [0.15, 0.2) is 23.1 Å². The molecule has 0 unspecified atom stereocenters. The molecule has 1 saturated heterocycles. The molecule has 0 atom stereocenters. The average molecular weight is 265 g/mol. The Labute approximate surface area is 111 Å². The van der Waals surface area contributed by atoms with Gasteiger partial charge in [0.15, 0.2) is 0 Å².